The van der Waals surface area contributed by atoms with Crippen molar-refractivity contribution in [2.75, 3.05) is 0 Å². The summed E-state index contributed by atoms with van der Waals surface area (Å²) in [5.41, 5.74) is 1.35. The predicted molar refractivity (Wildman–Crippen MR) is 82.9 cm³/mol. The summed E-state index contributed by atoms with van der Waals surface area (Å²) in [4.78, 5) is 25.8. The van der Waals surface area contributed by atoms with Crippen LogP contribution in [0.3, 0.4) is 0 Å². The van der Waals surface area contributed by atoms with Crippen LogP contribution in [0, 0.1) is 5.92 Å². The Labute approximate surface area is 123 Å². The molecule has 0 saturated heterocycles. The van der Waals surface area contributed by atoms with E-state index in [0.717, 1.165) is 24.8 Å². The highest BCUT2D eigenvalue weighted by atomic mass is 16.4. The van der Waals surface area contributed by atoms with Crippen molar-refractivity contribution in [1.29, 1.82) is 0 Å². The molecule has 1 aromatic carbocycles. The van der Waals surface area contributed by atoms with Gasteiger partial charge < -0.3 is 10.1 Å². The molecule has 0 amide bonds. The lowest BCUT2D eigenvalue weighted by Crippen LogP contribution is -2.20. The molecule has 2 rings (SSSR count). The van der Waals surface area contributed by atoms with Crippen molar-refractivity contribution in [1.82, 2.24) is 9.55 Å². The molecule has 5 heteroatoms. The van der Waals surface area contributed by atoms with Crippen molar-refractivity contribution >= 4 is 17.0 Å². The summed E-state index contributed by atoms with van der Waals surface area (Å²) in [7, 11) is 0. The zero-order chi connectivity index (χ0) is 15.6. The van der Waals surface area contributed by atoms with Gasteiger partial charge >= 0.3 is 11.7 Å². The topological polar surface area (TPSA) is 75.1 Å². The van der Waals surface area contributed by atoms with Gasteiger partial charge in [0.15, 0.2) is 0 Å². The van der Waals surface area contributed by atoms with Gasteiger partial charge in [-0.05, 0) is 37.5 Å². The Morgan fingerprint density at radius 1 is 1.29 bits per heavy atom. The molecule has 0 aliphatic rings. The third kappa shape index (κ3) is 3.35. The standard InChI is InChI=1S/C16H22N2O3/c1-10(2)5-4-6-11(3)18-14-8-7-12(15(19)20)9-13(14)17-16(18)21/h7-11H,4-6H2,1-3H3,(H,17,21)(H,19,20). The van der Waals surface area contributed by atoms with Crippen LogP contribution in [0.4, 0.5) is 0 Å². The van der Waals surface area contributed by atoms with Crippen molar-refractivity contribution in [2.24, 2.45) is 5.92 Å². The average molecular weight is 290 g/mol. The molecule has 5 nitrogen and oxygen atoms in total. The van der Waals surface area contributed by atoms with Gasteiger partial charge in [0, 0.05) is 6.04 Å². The van der Waals surface area contributed by atoms with Crippen LogP contribution in [-0.2, 0) is 0 Å². The number of nitrogens with zero attached hydrogens (tertiary/aromatic N) is 1. The molecule has 1 heterocycles. The second-order valence-corrected chi connectivity index (χ2v) is 6.01. The van der Waals surface area contributed by atoms with Gasteiger partial charge in [0.2, 0.25) is 0 Å². The molecular weight excluding hydrogens is 268 g/mol. The number of hydrogen-bond donors (Lipinski definition) is 2. The molecule has 1 atom stereocenters. The minimum Gasteiger partial charge on any atom is -0.478 e. The largest absolute Gasteiger partial charge is 0.478 e. The van der Waals surface area contributed by atoms with Crippen LogP contribution in [0.2, 0.25) is 0 Å². The molecule has 21 heavy (non-hydrogen) atoms. The number of rotatable bonds is 6. The average Bonchev–Trinajstić information content (AvgIpc) is 2.72. The van der Waals surface area contributed by atoms with Gasteiger partial charge in [-0.25, -0.2) is 9.59 Å². The van der Waals surface area contributed by atoms with Gasteiger partial charge in [0.05, 0.1) is 16.6 Å². The maximum atomic E-state index is 12.1. The van der Waals surface area contributed by atoms with Crippen molar-refractivity contribution in [2.45, 2.75) is 46.1 Å². The summed E-state index contributed by atoms with van der Waals surface area (Å²) in [6.45, 7) is 6.41. The van der Waals surface area contributed by atoms with Crippen molar-refractivity contribution < 1.29 is 9.90 Å². The first kappa shape index (κ1) is 15.4. The van der Waals surface area contributed by atoms with Gasteiger partial charge in [-0.3, -0.25) is 4.57 Å². The van der Waals surface area contributed by atoms with Gasteiger partial charge in [0.1, 0.15) is 0 Å². The molecule has 0 fully saturated rings. The van der Waals surface area contributed by atoms with E-state index in [0.29, 0.717) is 11.4 Å². The van der Waals surface area contributed by atoms with E-state index in [1.807, 2.05) is 6.92 Å². The molecule has 0 saturated carbocycles. The normalized spacial score (nSPS) is 13.0. The molecule has 0 bridgehead atoms. The smallest absolute Gasteiger partial charge is 0.335 e. The summed E-state index contributed by atoms with van der Waals surface area (Å²) in [6, 6.07) is 4.85. The van der Waals surface area contributed by atoms with Crippen molar-refractivity contribution in [3.63, 3.8) is 0 Å². The minimum absolute atomic E-state index is 0.0979. The first-order chi connectivity index (χ1) is 9.90. The number of aromatic carboxylic acids is 1. The van der Waals surface area contributed by atoms with Gasteiger partial charge in [0.25, 0.3) is 0 Å². The third-order valence-corrected chi connectivity index (χ3v) is 3.81. The Balaban J connectivity index is 2.29. The highest BCUT2D eigenvalue weighted by Crippen LogP contribution is 2.21. The van der Waals surface area contributed by atoms with Crippen LogP contribution in [0.25, 0.3) is 11.0 Å². The van der Waals surface area contributed by atoms with Crippen LogP contribution < -0.4 is 5.69 Å². The van der Waals surface area contributed by atoms with Crippen LogP contribution in [0.15, 0.2) is 23.0 Å². The molecule has 0 aliphatic heterocycles. The fourth-order valence-corrected chi connectivity index (χ4v) is 2.65. The predicted octanol–water partition coefficient (Wildman–Crippen LogP) is 3.42. The Hall–Kier alpha value is -2.04. The van der Waals surface area contributed by atoms with E-state index in [-0.39, 0.29) is 17.3 Å². The first-order valence-corrected chi connectivity index (χ1v) is 7.37. The first-order valence-electron chi connectivity index (χ1n) is 7.37. The summed E-state index contributed by atoms with van der Waals surface area (Å²) in [6.07, 6.45) is 3.15. The molecule has 1 unspecified atom stereocenters. The molecule has 2 aromatic rings. The fraction of sp³-hybridized carbons (Fsp3) is 0.500. The number of fused-ring (bicyclic) bond motifs is 1. The fourth-order valence-electron chi connectivity index (χ4n) is 2.65. The number of carboxylic acids is 1. The second kappa shape index (κ2) is 6.16. The van der Waals surface area contributed by atoms with Crippen LogP contribution >= 0.6 is 0 Å². The van der Waals surface area contributed by atoms with E-state index in [1.54, 1.807) is 10.6 Å². The van der Waals surface area contributed by atoms with Crippen molar-refractivity contribution in [3.8, 4) is 0 Å². The molecule has 0 spiro atoms. The number of aromatic nitrogens is 2. The molecule has 1 aromatic heterocycles. The highest BCUT2D eigenvalue weighted by Gasteiger charge is 2.14. The van der Waals surface area contributed by atoms with E-state index >= 15 is 0 Å². The summed E-state index contributed by atoms with van der Waals surface area (Å²) in [5, 5.41) is 9.00. The maximum absolute atomic E-state index is 12.1. The van der Waals surface area contributed by atoms with Crippen LogP contribution in [-0.4, -0.2) is 20.6 Å². The number of aromatic amines is 1. The number of hydrogen-bond acceptors (Lipinski definition) is 2. The third-order valence-electron chi connectivity index (χ3n) is 3.81. The van der Waals surface area contributed by atoms with E-state index < -0.39 is 5.97 Å². The molecule has 114 valence electrons. The monoisotopic (exact) mass is 290 g/mol. The lowest BCUT2D eigenvalue weighted by Gasteiger charge is -2.14. The van der Waals surface area contributed by atoms with Crippen LogP contribution in [0.5, 0.6) is 0 Å². The second-order valence-electron chi connectivity index (χ2n) is 6.01. The highest BCUT2D eigenvalue weighted by molar-refractivity contribution is 5.92. The van der Waals surface area contributed by atoms with E-state index in [9.17, 15) is 9.59 Å². The lowest BCUT2D eigenvalue weighted by atomic mass is 10.0. The zero-order valence-electron chi connectivity index (χ0n) is 12.7. The lowest BCUT2D eigenvalue weighted by molar-refractivity contribution is 0.0697. The van der Waals surface area contributed by atoms with E-state index in [4.69, 9.17) is 5.11 Å². The summed E-state index contributed by atoms with van der Waals surface area (Å²) < 4.78 is 1.72. The number of nitrogens with one attached hydrogen (secondary N) is 1. The number of carboxylic acid groups (broad SMARTS) is 1. The Morgan fingerprint density at radius 2 is 2.00 bits per heavy atom. The molecule has 0 aliphatic carbocycles. The van der Waals surface area contributed by atoms with Crippen LogP contribution in [0.1, 0.15) is 56.4 Å². The number of benzene rings is 1. The SMILES string of the molecule is CC(C)CCCC(C)n1c(=O)[nH]c2cc(C(=O)O)ccc21. The van der Waals surface area contributed by atoms with Crippen molar-refractivity contribution in [3.05, 3.63) is 34.2 Å². The molecule has 0 radical (unpaired) electrons. The summed E-state index contributed by atoms with van der Waals surface area (Å²) in [5.74, 6) is -0.328. The van der Waals surface area contributed by atoms with Gasteiger partial charge in [-0.2, -0.15) is 0 Å². The number of imidazole rings is 1. The van der Waals surface area contributed by atoms with E-state index in [2.05, 4.69) is 18.8 Å². The van der Waals surface area contributed by atoms with E-state index in [1.165, 1.54) is 12.1 Å². The molecule has 2 N–H and O–H groups in total. The Kier molecular flexibility index (Phi) is 4.50. The zero-order valence-corrected chi connectivity index (χ0v) is 12.7. The summed E-state index contributed by atoms with van der Waals surface area (Å²) >= 11 is 0. The maximum Gasteiger partial charge on any atom is 0.335 e. The number of carbonyl (C=O) groups is 1. The number of H-pyrrole nitrogens is 1. The van der Waals surface area contributed by atoms with Gasteiger partial charge in [-0.1, -0.05) is 26.7 Å². The Morgan fingerprint density at radius 3 is 2.62 bits per heavy atom. The minimum atomic E-state index is -0.990. The molecular formula is C16H22N2O3. The Bertz CT molecular complexity index is 697. The quantitative estimate of drug-likeness (QED) is 0.856. The van der Waals surface area contributed by atoms with Gasteiger partial charge in [-0.15, -0.1) is 0 Å².